The largest absolute Gasteiger partial charge is 0.466 e. The molecule has 2 amide bonds. The highest BCUT2D eigenvalue weighted by Crippen LogP contribution is 2.30. The Labute approximate surface area is 164 Å². The zero-order chi connectivity index (χ0) is 19.6. The fraction of sp³-hybridized carbons (Fsp3) is 0.176. The number of rotatable bonds is 5. The number of carbonyl (C=O) groups excluding carboxylic acids is 2. The summed E-state index contributed by atoms with van der Waals surface area (Å²) in [5.41, 5.74) is 0.583. The Morgan fingerprint density at radius 2 is 1.96 bits per heavy atom. The van der Waals surface area contributed by atoms with E-state index in [-0.39, 0.29) is 15.5 Å². The van der Waals surface area contributed by atoms with Gasteiger partial charge in [0.1, 0.15) is 4.21 Å². The molecule has 27 heavy (non-hydrogen) atoms. The summed E-state index contributed by atoms with van der Waals surface area (Å²) in [7, 11) is -2.55. The minimum absolute atomic E-state index is 0.0149. The average Bonchev–Trinajstić information content (AvgIpc) is 3.16. The van der Waals surface area contributed by atoms with Crippen LogP contribution in [0.4, 0.5) is 4.79 Å². The molecule has 0 saturated carbocycles. The van der Waals surface area contributed by atoms with Crippen LogP contribution < -0.4 is 10.6 Å². The van der Waals surface area contributed by atoms with Gasteiger partial charge >= 0.3 is 12.0 Å². The van der Waals surface area contributed by atoms with Crippen molar-refractivity contribution >= 4 is 44.8 Å². The number of hydrogen-bond acceptors (Lipinski definition) is 6. The monoisotopic (exact) mass is 426 g/mol. The fourth-order valence-corrected chi connectivity index (χ4v) is 5.23. The van der Waals surface area contributed by atoms with Crippen LogP contribution in [0, 0.1) is 0 Å². The topological polar surface area (TPSA) is 102 Å². The van der Waals surface area contributed by atoms with E-state index < -0.39 is 33.6 Å². The highest BCUT2D eigenvalue weighted by molar-refractivity contribution is 7.93. The summed E-state index contributed by atoms with van der Waals surface area (Å²) in [4.78, 5) is 24.5. The van der Waals surface area contributed by atoms with E-state index in [0.717, 1.165) is 11.3 Å². The summed E-state index contributed by atoms with van der Waals surface area (Å²) in [6, 6.07) is 8.13. The minimum atomic E-state index is -3.74. The molecule has 0 aliphatic carbocycles. The van der Waals surface area contributed by atoms with E-state index in [4.69, 9.17) is 16.3 Å². The van der Waals surface area contributed by atoms with Crippen LogP contribution in [-0.2, 0) is 19.4 Å². The van der Waals surface area contributed by atoms with Crippen molar-refractivity contribution in [1.82, 2.24) is 10.6 Å². The van der Waals surface area contributed by atoms with Crippen LogP contribution in [0.25, 0.3) is 0 Å². The molecule has 0 fully saturated rings. The highest BCUT2D eigenvalue weighted by atomic mass is 35.5. The zero-order valence-corrected chi connectivity index (χ0v) is 16.5. The van der Waals surface area contributed by atoms with Crippen LogP contribution in [0.1, 0.15) is 11.6 Å². The van der Waals surface area contributed by atoms with Gasteiger partial charge in [0.2, 0.25) is 0 Å². The van der Waals surface area contributed by atoms with Crippen LogP contribution in [0.3, 0.4) is 0 Å². The zero-order valence-electron chi connectivity index (χ0n) is 14.1. The number of benzene rings is 1. The number of carbonyl (C=O) groups is 2. The van der Waals surface area contributed by atoms with Gasteiger partial charge in [-0.2, -0.15) is 0 Å². The molecule has 0 saturated heterocycles. The summed E-state index contributed by atoms with van der Waals surface area (Å²) < 4.78 is 30.3. The second kappa shape index (κ2) is 7.71. The maximum absolute atomic E-state index is 12.6. The second-order valence-corrected chi connectivity index (χ2v) is 9.26. The van der Waals surface area contributed by atoms with E-state index in [0.29, 0.717) is 10.6 Å². The first kappa shape index (κ1) is 19.4. The lowest BCUT2D eigenvalue weighted by Gasteiger charge is -2.29. The summed E-state index contributed by atoms with van der Waals surface area (Å²) in [5.74, 6) is -1.27. The van der Waals surface area contributed by atoms with E-state index in [1.807, 2.05) is 0 Å². The molecule has 1 aromatic heterocycles. The minimum Gasteiger partial charge on any atom is -0.466 e. The first-order valence-corrected chi connectivity index (χ1v) is 10.6. The van der Waals surface area contributed by atoms with Crippen molar-refractivity contribution in [2.24, 2.45) is 0 Å². The molecular formula is C17H15ClN2O5S2. The number of ether oxygens (including phenoxy) is 1. The number of amides is 2. The van der Waals surface area contributed by atoms with E-state index in [9.17, 15) is 18.0 Å². The van der Waals surface area contributed by atoms with Crippen molar-refractivity contribution in [3.8, 4) is 0 Å². The van der Waals surface area contributed by atoms with Gasteiger partial charge in [-0.25, -0.2) is 18.0 Å². The third-order valence-electron chi connectivity index (χ3n) is 3.90. The number of sulfone groups is 1. The molecule has 10 heteroatoms. The molecule has 1 aliphatic rings. The molecule has 2 heterocycles. The maximum Gasteiger partial charge on any atom is 0.338 e. The number of esters is 1. The number of thiophene rings is 1. The summed E-state index contributed by atoms with van der Waals surface area (Å²) >= 11 is 6.96. The average molecular weight is 427 g/mol. The summed E-state index contributed by atoms with van der Waals surface area (Å²) in [5, 5.41) is 7.19. The first-order chi connectivity index (χ1) is 12.8. The molecule has 7 nitrogen and oxygen atoms in total. The van der Waals surface area contributed by atoms with Gasteiger partial charge in [-0.05, 0) is 29.1 Å². The lowest BCUT2D eigenvalue weighted by atomic mass is 9.95. The quantitative estimate of drug-likeness (QED) is 0.715. The van der Waals surface area contributed by atoms with Crippen LogP contribution >= 0.6 is 22.9 Å². The molecule has 1 aromatic carbocycles. The third-order valence-corrected chi connectivity index (χ3v) is 7.28. The van der Waals surface area contributed by atoms with Crippen LogP contribution in [-0.4, -0.2) is 33.3 Å². The third kappa shape index (κ3) is 4.15. The van der Waals surface area contributed by atoms with E-state index in [1.165, 1.54) is 13.2 Å². The van der Waals surface area contributed by atoms with Crippen molar-refractivity contribution in [3.05, 3.63) is 63.6 Å². The van der Waals surface area contributed by atoms with Crippen molar-refractivity contribution < 1.29 is 22.7 Å². The Hall–Kier alpha value is -2.36. The smallest absolute Gasteiger partial charge is 0.338 e. The number of halogens is 1. The molecule has 2 aromatic rings. The van der Waals surface area contributed by atoms with Crippen LogP contribution in [0.15, 0.2) is 57.3 Å². The van der Waals surface area contributed by atoms with Crippen molar-refractivity contribution in [2.75, 3.05) is 12.9 Å². The standard InChI is InChI=1S/C17H15ClN2O5S2/c1-25-16(21)14-12(9-27(23,24)13-3-2-8-26-13)19-17(22)20-15(14)10-4-6-11(18)7-5-10/h2-8,15H,9H2,1H3,(H2,19,20,22)/t15-/m0/s1. The molecule has 142 valence electrons. The molecule has 1 aliphatic heterocycles. The Kier molecular flexibility index (Phi) is 5.54. The van der Waals surface area contributed by atoms with Crippen LogP contribution in [0.5, 0.6) is 0 Å². The molecular weight excluding hydrogens is 412 g/mol. The van der Waals surface area contributed by atoms with Crippen molar-refractivity contribution in [1.29, 1.82) is 0 Å². The molecule has 0 bridgehead atoms. The van der Waals surface area contributed by atoms with Gasteiger partial charge in [0.25, 0.3) is 0 Å². The van der Waals surface area contributed by atoms with Gasteiger partial charge in [0.15, 0.2) is 9.84 Å². The Morgan fingerprint density at radius 1 is 1.26 bits per heavy atom. The molecule has 2 N–H and O–H groups in total. The Morgan fingerprint density at radius 3 is 2.56 bits per heavy atom. The van der Waals surface area contributed by atoms with Gasteiger partial charge in [-0.1, -0.05) is 29.8 Å². The van der Waals surface area contributed by atoms with E-state index in [2.05, 4.69) is 10.6 Å². The van der Waals surface area contributed by atoms with Gasteiger partial charge in [-0.3, -0.25) is 0 Å². The molecule has 0 unspecified atom stereocenters. The van der Waals surface area contributed by atoms with Gasteiger partial charge in [0.05, 0.1) is 24.5 Å². The fourth-order valence-electron chi connectivity index (χ4n) is 2.69. The summed E-state index contributed by atoms with van der Waals surface area (Å²) in [6.45, 7) is 0. The normalized spacial score (nSPS) is 17.3. The Balaban J connectivity index is 2.09. The molecule has 0 radical (unpaired) electrons. The molecule has 0 spiro atoms. The van der Waals surface area contributed by atoms with Gasteiger partial charge in [0, 0.05) is 10.7 Å². The lowest BCUT2D eigenvalue weighted by molar-refractivity contribution is -0.136. The number of nitrogens with one attached hydrogen (secondary N) is 2. The number of hydrogen-bond donors (Lipinski definition) is 2. The van der Waals surface area contributed by atoms with Crippen molar-refractivity contribution in [3.63, 3.8) is 0 Å². The van der Waals surface area contributed by atoms with Crippen molar-refractivity contribution in [2.45, 2.75) is 10.3 Å². The molecule has 1 atom stereocenters. The van der Waals surface area contributed by atoms with Gasteiger partial charge < -0.3 is 15.4 Å². The number of urea groups is 1. The predicted molar refractivity (Wildman–Crippen MR) is 101 cm³/mol. The number of methoxy groups -OCH3 is 1. The van der Waals surface area contributed by atoms with Crippen LogP contribution in [0.2, 0.25) is 5.02 Å². The highest BCUT2D eigenvalue weighted by Gasteiger charge is 2.35. The second-order valence-electron chi connectivity index (χ2n) is 5.66. The maximum atomic E-state index is 12.6. The van der Waals surface area contributed by atoms with Gasteiger partial charge in [-0.15, -0.1) is 11.3 Å². The summed E-state index contributed by atoms with van der Waals surface area (Å²) in [6.07, 6.45) is 0. The van der Waals surface area contributed by atoms with E-state index in [1.54, 1.807) is 35.7 Å². The lowest BCUT2D eigenvalue weighted by Crippen LogP contribution is -2.47. The van der Waals surface area contributed by atoms with E-state index >= 15 is 0 Å². The Bertz CT molecular complexity index is 998. The predicted octanol–water partition coefficient (Wildman–Crippen LogP) is 2.66. The SMILES string of the molecule is COC(=O)C1=C(CS(=O)(=O)c2cccs2)NC(=O)N[C@H]1c1ccc(Cl)cc1. The first-order valence-electron chi connectivity index (χ1n) is 7.72. The molecule has 3 rings (SSSR count).